The number of hydrogen-bond donors (Lipinski definition) is 2. The molecule has 4 rings (SSSR count). The largest absolute Gasteiger partial charge is 0.504 e. The van der Waals surface area contributed by atoms with E-state index >= 15 is 0 Å². The van der Waals surface area contributed by atoms with Crippen molar-refractivity contribution >= 4 is 21.7 Å². The van der Waals surface area contributed by atoms with Crippen molar-refractivity contribution in [3.63, 3.8) is 0 Å². The summed E-state index contributed by atoms with van der Waals surface area (Å²) in [7, 11) is 1.57. The van der Waals surface area contributed by atoms with Crippen LogP contribution in [-0.4, -0.2) is 30.6 Å². The number of methoxy groups -OCH3 is 1. The summed E-state index contributed by atoms with van der Waals surface area (Å²) in [6.45, 7) is 0.905. The van der Waals surface area contributed by atoms with Crippen LogP contribution in [0.2, 0.25) is 0 Å². The average Bonchev–Trinajstić information content (AvgIpc) is 2.49. The Morgan fingerprint density at radius 1 is 1.48 bits per heavy atom. The molecule has 23 heavy (non-hydrogen) atoms. The van der Waals surface area contributed by atoms with Crippen molar-refractivity contribution in [1.29, 1.82) is 0 Å². The number of piperidine rings is 1. The summed E-state index contributed by atoms with van der Waals surface area (Å²) >= 11 is 3.64. The molecule has 0 aromatic heterocycles. The number of ketones is 1. The van der Waals surface area contributed by atoms with E-state index in [0.717, 1.165) is 41.4 Å². The number of carbonyl (C=O) groups excluding carboxylic acids is 1. The number of nitrogens with one attached hydrogen (secondary N) is 1. The van der Waals surface area contributed by atoms with Gasteiger partial charge in [-0.05, 0) is 43.4 Å². The summed E-state index contributed by atoms with van der Waals surface area (Å²) in [5.41, 5.74) is 1.89. The third kappa shape index (κ3) is 2.54. The molecule has 0 amide bonds. The Kier molecular flexibility index (Phi) is 4.96. The zero-order valence-electron chi connectivity index (χ0n) is 13.2. The Morgan fingerprint density at radius 3 is 3.00 bits per heavy atom. The predicted octanol–water partition coefficient (Wildman–Crippen LogP) is 2.69. The quantitative estimate of drug-likeness (QED) is 0.684. The maximum Gasteiger partial charge on any atom is 0.161 e. The van der Waals surface area contributed by atoms with E-state index in [0.29, 0.717) is 36.3 Å². The SMILES string of the molecule is COc1cc(Br)c2c(c1O)C13CCNC(C2)C1CCC(=O)C3.[Y]. The standard InChI is InChI=1S/C17H20BrNO3.Y/c1-22-14-7-12(18)10-6-13-11-3-2-9(20)8-17(11,4-5-19-13)15(10)16(14)21;/h7,11,13,19,21H,2-6,8H2,1H3;. The Morgan fingerprint density at radius 2 is 2.26 bits per heavy atom. The van der Waals surface area contributed by atoms with Crippen LogP contribution in [0.3, 0.4) is 0 Å². The molecule has 0 spiro atoms. The number of benzene rings is 1. The van der Waals surface area contributed by atoms with Crippen LogP contribution < -0.4 is 10.1 Å². The average molecular weight is 455 g/mol. The zero-order chi connectivity index (χ0) is 15.5. The minimum absolute atomic E-state index is 0. The summed E-state index contributed by atoms with van der Waals surface area (Å²) in [6, 6.07) is 2.24. The van der Waals surface area contributed by atoms with Crippen molar-refractivity contribution in [1.82, 2.24) is 5.32 Å². The van der Waals surface area contributed by atoms with E-state index in [9.17, 15) is 9.90 Å². The third-order valence-corrected chi connectivity index (χ3v) is 6.59. The van der Waals surface area contributed by atoms with Crippen molar-refractivity contribution in [2.45, 2.75) is 43.6 Å². The van der Waals surface area contributed by atoms with Crippen molar-refractivity contribution < 1.29 is 47.3 Å². The molecule has 1 heterocycles. The molecule has 1 saturated heterocycles. The second kappa shape index (κ2) is 6.40. The number of aromatic hydroxyl groups is 1. The van der Waals surface area contributed by atoms with Crippen molar-refractivity contribution in [3.05, 3.63) is 21.7 Å². The summed E-state index contributed by atoms with van der Waals surface area (Å²) in [5, 5.41) is 14.4. The van der Waals surface area contributed by atoms with E-state index in [1.807, 2.05) is 6.07 Å². The fourth-order valence-corrected chi connectivity index (χ4v) is 5.60. The third-order valence-electron chi connectivity index (χ3n) is 5.88. The van der Waals surface area contributed by atoms with Crippen LogP contribution in [0, 0.1) is 5.92 Å². The molecule has 1 aromatic rings. The maximum absolute atomic E-state index is 12.2. The first-order valence-electron chi connectivity index (χ1n) is 7.90. The van der Waals surface area contributed by atoms with Crippen LogP contribution in [0.1, 0.15) is 36.8 Å². The number of carbonyl (C=O) groups is 1. The Bertz CT molecular complexity index is 666. The van der Waals surface area contributed by atoms with Gasteiger partial charge in [0.25, 0.3) is 0 Å². The van der Waals surface area contributed by atoms with Gasteiger partial charge in [0.2, 0.25) is 0 Å². The van der Waals surface area contributed by atoms with E-state index in [4.69, 9.17) is 4.74 Å². The van der Waals surface area contributed by atoms with Crippen LogP contribution in [0.25, 0.3) is 0 Å². The number of rotatable bonds is 1. The van der Waals surface area contributed by atoms with Gasteiger partial charge in [-0.15, -0.1) is 0 Å². The molecule has 1 radical (unpaired) electrons. The van der Waals surface area contributed by atoms with Crippen LogP contribution >= 0.6 is 15.9 Å². The van der Waals surface area contributed by atoms with Gasteiger partial charge >= 0.3 is 0 Å². The number of halogens is 1. The first kappa shape index (κ1) is 17.8. The van der Waals surface area contributed by atoms with Crippen LogP contribution in [0.15, 0.2) is 10.5 Å². The number of hydrogen-bond acceptors (Lipinski definition) is 4. The van der Waals surface area contributed by atoms with Gasteiger partial charge in [0.1, 0.15) is 5.78 Å². The molecular weight excluding hydrogens is 435 g/mol. The summed E-state index contributed by atoms with van der Waals surface area (Å²) in [4.78, 5) is 12.2. The molecule has 3 unspecified atom stereocenters. The van der Waals surface area contributed by atoms with E-state index in [2.05, 4.69) is 21.2 Å². The molecule has 2 bridgehead atoms. The van der Waals surface area contributed by atoms with E-state index < -0.39 is 0 Å². The molecule has 2 aliphatic carbocycles. The van der Waals surface area contributed by atoms with E-state index in [-0.39, 0.29) is 43.9 Å². The molecule has 6 heteroatoms. The van der Waals surface area contributed by atoms with Gasteiger partial charge in [-0.2, -0.15) is 0 Å². The second-order valence-corrected chi connectivity index (χ2v) is 7.65. The smallest absolute Gasteiger partial charge is 0.161 e. The molecule has 1 aromatic carbocycles. The fourth-order valence-electron chi connectivity index (χ4n) is 5.03. The van der Waals surface area contributed by atoms with Gasteiger partial charge in [-0.3, -0.25) is 4.79 Å². The number of phenols is 1. The number of fused-ring (bicyclic) bond motifs is 1. The Balaban J connectivity index is 0.00000156. The Labute approximate surface area is 169 Å². The van der Waals surface area contributed by atoms with Crippen molar-refractivity contribution in [2.75, 3.05) is 13.7 Å². The first-order valence-corrected chi connectivity index (χ1v) is 8.70. The number of Topliss-reactive ketones (excluding diaryl/α,β-unsaturated/α-hetero) is 1. The van der Waals surface area contributed by atoms with Gasteiger partial charge in [0.15, 0.2) is 11.5 Å². The van der Waals surface area contributed by atoms with Crippen LogP contribution in [0.5, 0.6) is 11.5 Å². The van der Waals surface area contributed by atoms with Crippen molar-refractivity contribution in [3.8, 4) is 11.5 Å². The summed E-state index contributed by atoms with van der Waals surface area (Å²) in [6.07, 6.45) is 3.94. The molecule has 1 aliphatic heterocycles. The minimum atomic E-state index is -0.222. The van der Waals surface area contributed by atoms with E-state index in [1.54, 1.807) is 7.11 Å². The molecule has 121 valence electrons. The van der Waals surface area contributed by atoms with Crippen LogP contribution in [-0.2, 0) is 49.3 Å². The monoisotopic (exact) mass is 454 g/mol. The predicted molar refractivity (Wildman–Crippen MR) is 86.5 cm³/mol. The minimum Gasteiger partial charge on any atom is -0.504 e. The molecule has 1 saturated carbocycles. The van der Waals surface area contributed by atoms with E-state index in [1.165, 1.54) is 0 Å². The Hall–Kier alpha value is 0.0339. The molecule has 2 fully saturated rings. The van der Waals surface area contributed by atoms with Gasteiger partial charge in [-0.25, -0.2) is 0 Å². The topological polar surface area (TPSA) is 58.6 Å². The maximum atomic E-state index is 12.2. The van der Waals surface area contributed by atoms with Gasteiger partial charge < -0.3 is 15.2 Å². The van der Waals surface area contributed by atoms with Crippen molar-refractivity contribution in [2.24, 2.45) is 5.92 Å². The zero-order valence-corrected chi connectivity index (χ0v) is 17.6. The molecule has 4 nitrogen and oxygen atoms in total. The molecular formula is C17H20BrNO3Y. The summed E-state index contributed by atoms with van der Waals surface area (Å²) < 4.78 is 6.33. The summed E-state index contributed by atoms with van der Waals surface area (Å²) in [5.74, 6) is 1.48. The fraction of sp³-hybridized carbons (Fsp3) is 0.588. The van der Waals surface area contributed by atoms with Crippen LogP contribution in [0.4, 0.5) is 0 Å². The van der Waals surface area contributed by atoms with Gasteiger partial charge in [-0.1, -0.05) is 15.9 Å². The molecule has 2 N–H and O–H groups in total. The first-order chi connectivity index (χ1) is 10.6. The normalized spacial score (nSPS) is 31.7. The second-order valence-electron chi connectivity index (χ2n) is 6.79. The molecule has 3 aliphatic rings. The molecule has 3 atom stereocenters. The number of ether oxygens (including phenoxy) is 1. The van der Waals surface area contributed by atoms with Gasteiger partial charge in [0.05, 0.1) is 7.11 Å². The van der Waals surface area contributed by atoms with Gasteiger partial charge in [0, 0.05) is 67.0 Å². The number of phenolic OH excluding ortho intramolecular Hbond substituents is 1.